The molecule has 1 N–H and O–H groups in total. The van der Waals surface area contributed by atoms with Crippen molar-refractivity contribution in [3.63, 3.8) is 0 Å². The van der Waals surface area contributed by atoms with E-state index in [-0.39, 0.29) is 12.1 Å². The van der Waals surface area contributed by atoms with Gasteiger partial charge < -0.3 is 15.0 Å². The van der Waals surface area contributed by atoms with E-state index in [1.807, 2.05) is 27.7 Å². The van der Waals surface area contributed by atoms with Gasteiger partial charge in [0.1, 0.15) is 17.2 Å². The number of aryl methyl sites for hydroxylation is 2. The summed E-state index contributed by atoms with van der Waals surface area (Å²) >= 11 is 0. The Bertz CT molecular complexity index is 624. The van der Waals surface area contributed by atoms with Gasteiger partial charge in [-0.25, -0.2) is 14.8 Å². The Morgan fingerprint density at radius 3 is 2.75 bits per heavy atom. The summed E-state index contributed by atoms with van der Waals surface area (Å²) in [5, 5.41) is 2.98. The van der Waals surface area contributed by atoms with Crippen molar-refractivity contribution in [2.75, 3.05) is 18.0 Å². The maximum atomic E-state index is 12.0. The van der Waals surface area contributed by atoms with Gasteiger partial charge in [0, 0.05) is 24.3 Å². The third kappa shape index (κ3) is 3.97. The first kappa shape index (κ1) is 17.0. The van der Waals surface area contributed by atoms with Crippen molar-refractivity contribution in [3.05, 3.63) is 17.1 Å². The highest BCUT2D eigenvalue weighted by Gasteiger charge is 2.29. The second-order valence-electron chi connectivity index (χ2n) is 7.80. The predicted molar refractivity (Wildman–Crippen MR) is 93.4 cm³/mol. The molecule has 1 unspecified atom stereocenters. The van der Waals surface area contributed by atoms with Crippen molar-refractivity contribution in [2.24, 2.45) is 0 Å². The van der Waals surface area contributed by atoms with Crippen molar-refractivity contribution in [1.82, 2.24) is 15.3 Å². The molecule has 6 heteroatoms. The van der Waals surface area contributed by atoms with Crippen molar-refractivity contribution in [1.29, 1.82) is 0 Å². The summed E-state index contributed by atoms with van der Waals surface area (Å²) in [6.45, 7) is 9.28. The van der Waals surface area contributed by atoms with Crippen LogP contribution in [0.2, 0.25) is 0 Å². The standard InChI is InChI=1S/C18H28N4O2/c1-12-19-15-8-6-5-7-14(15)16(20-12)22-10-9-13(11-22)21-17(23)24-18(2,3)4/h13H,5-11H2,1-4H3,(H,21,23). The number of anilines is 1. The van der Waals surface area contributed by atoms with Crippen molar-refractivity contribution in [2.45, 2.75) is 71.4 Å². The first-order valence-electron chi connectivity index (χ1n) is 8.93. The van der Waals surface area contributed by atoms with Gasteiger partial charge >= 0.3 is 6.09 Å². The quantitative estimate of drug-likeness (QED) is 0.902. The van der Waals surface area contributed by atoms with E-state index >= 15 is 0 Å². The molecule has 1 atom stereocenters. The molecule has 1 saturated heterocycles. The predicted octanol–water partition coefficient (Wildman–Crippen LogP) is 2.77. The van der Waals surface area contributed by atoms with Gasteiger partial charge in [-0.15, -0.1) is 0 Å². The van der Waals surface area contributed by atoms with E-state index in [0.717, 1.165) is 44.0 Å². The number of rotatable bonds is 2. The summed E-state index contributed by atoms with van der Waals surface area (Å²) in [5.74, 6) is 1.92. The molecule has 1 aromatic heterocycles. The smallest absolute Gasteiger partial charge is 0.407 e. The number of nitrogens with zero attached hydrogens (tertiary/aromatic N) is 3. The monoisotopic (exact) mass is 332 g/mol. The summed E-state index contributed by atoms with van der Waals surface area (Å²) in [6, 6.07) is 0.106. The van der Waals surface area contributed by atoms with Crippen LogP contribution in [-0.2, 0) is 17.6 Å². The molecule has 0 saturated carbocycles. The summed E-state index contributed by atoms with van der Waals surface area (Å²) in [7, 11) is 0. The molecule has 24 heavy (non-hydrogen) atoms. The number of amides is 1. The van der Waals surface area contributed by atoms with Gasteiger partial charge in [-0.2, -0.15) is 0 Å². The number of alkyl carbamates (subject to hydrolysis) is 1. The maximum absolute atomic E-state index is 12.0. The minimum absolute atomic E-state index is 0.106. The molecule has 0 spiro atoms. The Balaban J connectivity index is 1.68. The number of fused-ring (bicyclic) bond motifs is 1. The molecule has 1 aliphatic heterocycles. The number of aromatic nitrogens is 2. The second kappa shape index (κ2) is 6.57. The Kier molecular flexibility index (Phi) is 4.65. The van der Waals surface area contributed by atoms with Crippen molar-refractivity contribution < 1.29 is 9.53 Å². The molecular weight excluding hydrogens is 304 g/mol. The highest BCUT2D eigenvalue weighted by atomic mass is 16.6. The third-order valence-corrected chi connectivity index (χ3v) is 4.48. The van der Waals surface area contributed by atoms with Crippen LogP contribution in [0.3, 0.4) is 0 Å². The molecule has 1 aromatic rings. The van der Waals surface area contributed by atoms with Crippen LogP contribution in [0.1, 0.15) is 57.1 Å². The van der Waals surface area contributed by atoms with E-state index in [9.17, 15) is 4.79 Å². The lowest BCUT2D eigenvalue weighted by molar-refractivity contribution is 0.0509. The number of carbonyl (C=O) groups is 1. The summed E-state index contributed by atoms with van der Waals surface area (Å²) in [6.07, 6.45) is 5.11. The van der Waals surface area contributed by atoms with Gasteiger partial charge in [-0.1, -0.05) is 0 Å². The van der Waals surface area contributed by atoms with Crippen LogP contribution in [0.4, 0.5) is 10.6 Å². The van der Waals surface area contributed by atoms with Crippen LogP contribution in [0.5, 0.6) is 0 Å². The van der Waals surface area contributed by atoms with Gasteiger partial charge in [0.15, 0.2) is 0 Å². The minimum atomic E-state index is -0.467. The van der Waals surface area contributed by atoms with E-state index in [2.05, 4.69) is 15.2 Å². The number of nitrogens with one attached hydrogen (secondary N) is 1. The Labute approximate surface area is 144 Å². The van der Waals surface area contributed by atoms with Crippen LogP contribution in [0, 0.1) is 6.92 Å². The maximum Gasteiger partial charge on any atom is 0.407 e. The Morgan fingerprint density at radius 1 is 1.25 bits per heavy atom. The zero-order valence-corrected chi connectivity index (χ0v) is 15.2. The minimum Gasteiger partial charge on any atom is -0.444 e. The van der Waals surface area contributed by atoms with E-state index in [1.54, 1.807) is 0 Å². The molecule has 6 nitrogen and oxygen atoms in total. The average molecular weight is 332 g/mol. The molecule has 0 aromatic carbocycles. The summed E-state index contributed by atoms with van der Waals surface area (Å²) in [4.78, 5) is 23.6. The fourth-order valence-electron chi connectivity index (χ4n) is 3.50. The Hall–Kier alpha value is -1.85. The first-order chi connectivity index (χ1) is 11.3. The number of hydrogen-bond donors (Lipinski definition) is 1. The van der Waals surface area contributed by atoms with Crippen LogP contribution >= 0.6 is 0 Å². The van der Waals surface area contributed by atoms with Crippen LogP contribution in [-0.4, -0.2) is 40.8 Å². The topological polar surface area (TPSA) is 67.4 Å². The van der Waals surface area contributed by atoms with E-state index < -0.39 is 5.60 Å². The lowest BCUT2D eigenvalue weighted by Gasteiger charge is -2.25. The normalized spacial score (nSPS) is 20.7. The zero-order valence-electron chi connectivity index (χ0n) is 15.2. The number of carbonyl (C=O) groups excluding carboxylic acids is 1. The van der Waals surface area contributed by atoms with Crippen LogP contribution < -0.4 is 10.2 Å². The van der Waals surface area contributed by atoms with Crippen LogP contribution in [0.25, 0.3) is 0 Å². The third-order valence-electron chi connectivity index (χ3n) is 4.48. The van der Waals surface area contributed by atoms with E-state index in [4.69, 9.17) is 9.72 Å². The molecule has 1 amide bonds. The molecule has 0 bridgehead atoms. The number of hydrogen-bond acceptors (Lipinski definition) is 5. The van der Waals surface area contributed by atoms with Crippen LogP contribution in [0.15, 0.2) is 0 Å². The molecule has 2 heterocycles. The fourth-order valence-corrected chi connectivity index (χ4v) is 3.50. The van der Waals surface area contributed by atoms with Gasteiger partial charge in [0.25, 0.3) is 0 Å². The van der Waals surface area contributed by atoms with Crippen molar-refractivity contribution in [3.8, 4) is 0 Å². The van der Waals surface area contributed by atoms with Gasteiger partial charge in [0.05, 0.1) is 6.04 Å². The lowest BCUT2D eigenvalue weighted by atomic mass is 9.96. The van der Waals surface area contributed by atoms with Gasteiger partial charge in [0.2, 0.25) is 0 Å². The molecule has 1 aliphatic carbocycles. The lowest BCUT2D eigenvalue weighted by Crippen LogP contribution is -2.40. The second-order valence-corrected chi connectivity index (χ2v) is 7.80. The molecular formula is C18H28N4O2. The summed E-state index contributed by atoms with van der Waals surface area (Å²) < 4.78 is 5.36. The highest BCUT2D eigenvalue weighted by molar-refractivity contribution is 5.68. The van der Waals surface area contributed by atoms with Gasteiger partial charge in [-0.05, 0) is 59.8 Å². The molecule has 132 valence electrons. The SMILES string of the molecule is Cc1nc2c(c(N3CCC(NC(=O)OC(C)(C)C)C3)n1)CCCC2. The highest BCUT2D eigenvalue weighted by Crippen LogP contribution is 2.30. The largest absolute Gasteiger partial charge is 0.444 e. The first-order valence-corrected chi connectivity index (χ1v) is 8.93. The molecule has 3 rings (SSSR count). The zero-order chi connectivity index (χ0) is 17.3. The average Bonchev–Trinajstić information content (AvgIpc) is 2.92. The van der Waals surface area contributed by atoms with Gasteiger partial charge in [-0.3, -0.25) is 0 Å². The molecule has 1 fully saturated rings. The fraction of sp³-hybridized carbons (Fsp3) is 0.722. The Morgan fingerprint density at radius 2 is 2.00 bits per heavy atom. The van der Waals surface area contributed by atoms with Crippen molar-refractivity contribution >= 4 is 11.9 Å². The van der Waals surface area contributed by atoms with E-state index in [0.29, 0.717) is 0 Å². The summed E-state index contributed by atoms with van der Waals surface area (Å²) in [5.41, 5.74) is 2.06. The molecule has 0 radical (unpaired) electrons. The van der Waals surface area contributed by atoms with E-state index in [1.165, 1.54) is 24.1 Å². The molecule has 2 aliphatic rings. The number of ether oxygens (including phenoxy) is 1.